The molecule has 3 N–H and O–H groups in total. The highest BCUT2D eigenvalue weighted by Gasteiger charge is 2.18. The number of benzene rings is 1. The molecule has 0 aliphatic heterocycles. The Hall–Kier alpha value is -2.24. The second-order valence-corrected chi connectivity index (χ2v) is 4.42. The first-order chi connectivity index (χ1) is 9.29. The first-order valence-corrected chi connectivity index (χ1v) is 6.08. The van der Waals surface area contributed by atoms with Gasteiger partial charge >= 0.3 is 0 Å². The van der Waals surface area contributed by atoms with Crippen molar-refractivity contribution in [2.75, 3.05) is 0 Å². The third-order valence-electron chi connectivity index (χ3n) is 3.20. The number of hydrogen-bond donors (Lipinski definition) is 2. The van der Waals surface area contributed by atoms with Crippen molar-refractivity contribution < 1.29 is 0 Å². The maximum Gasteiger partial charge on any atom is 0.133 e. The molecule has 0 spiro atoms. The number of aryl methyl sites for hydroxylation is 1. The average Bonchev–Trinajstić information content (AvgIpc) is 2.86. The number of nitrogens with zero attached hydrogens (tertiary/aromatic N) is 3. The number of para-hydroxylation sites is 1. The van der Waals surface area contributed by atoms with E-state index in [1.165, 1.54) is 0 Å². The van der Waals surface area contributed by atoms with E-state index in [4.69, 9.17) is 5.84 Å². The molecule has 0 saturated carbocycles. The van der Waals surface area contributed by atoms with E-state index in [0.29, 0.717) is 0 Å². The lowest BCUT2D eigenvalue weighted by Crippen LogP contribution is -2.31. The van der Waals surface area contributed by atoms with Crippen molar-refractivity contribution in [1.29, 1.82) is 0 Å². The van der Waals surface area contributed by atoms with Crippen molar-refractivity contribution >= 4 is 10.9 Å². The molecule has 96 valence electrons. The number of pyridine rings is 1. The van der Waals surface area contributed by atoms with Crippen LogP contribution in [0.4, 0.5) is 0 Å². The zero-order chi connectivity index (χ0) is 13.2. The van der Waals surface area contributed by atoms with Crippen molar-refractivity contribution in [3.8, 4) is 0 Å². The number of hydrogen-bond acceptors (Lipinski definition) is 4. The van der Waals surface area contributed by atoms with E-state index >= 15 is 0 Å². The Kier molecular flexibility index (Phi) is 2.98. The molecule has 2 aromatic heterocycles. The van der Waals surface area contributed by atoms with Gasteiger partial charge in [-0.25, -0.2) is 10.4 Å². The highest BCUT2D eigenvalue weighted by atomic mass is 15.3. The molecule has 0 fully saturated rings. The summed E-state index contributed by atoms with van der Waals surface area (Å²) >= 11 is 0. The molecule has 1 atom stereocenters. The maximum atomic E-state index is 5.67. The Morgan fingerprint density at radius 3 is 2.79 bits per heavy atom. The maximum absolute atomic E-state index is 5.67. The Bertz CT molecular complexity index is 704. The number of nitrogens with one attached hydrogen (secondary N) is 1. The van der Waals surface area contributed by atoms with E-state index in [1.54, 1.807) is 6.20 Å². The summed E-state index contributed by atoms with van der Waals surface area (Å²) in [5.74, 6) is 6.50. The Morgan fingerprint density at radius 2 is 2.05 bits per heavy atom. The number of fused-ring (bicyclic) bond motifs is 1. The molecule has 3 aromatic rings. The van der Waals surface area contributed by atoms with Crippen LogP contribution in [0.15, 0.2) is 48.8 Å². The summed E-state index contributed by atoms with van der Waals surface area (Å²) < 4.78 is 1.93. The largest absolute Gasteiger partial charge is 0.336 e. The number of aromatic nitrogens is 3. The molecule has 5 nitrogen and oxygen atoms in total. The summed E-state index contributed by atoms with van der Waals surface area (Å²) in [6, 6.07) is 11.8. The van der Waals surface area contributed by atoms with Gasteiger partial charge in [-0.05, 0) is 12.1 Å². The van der Waals surface area contributed by atoms with Gasteiger partial charge in [-0.1, -0.05) is 24.3 Å². The van der Waals surface area contributed by atoms with Crippen LogP contribution >= 0.6 is 0 Å². The average molecular weight is 253 g/mol. The lowest BCUT2D eigenvalue weighted by Gasteiger charge is -2.15. The van der Waals surface area contributed by atoms with Gasteiger partial charge in [0.25, 0.3) is 0 Å². The third kappa shape index (κ3) is 2.09. The van der Waals surface area contributed by atoms with Gasteiger partial charge in [0.1, 0.15) is 11.9 Å². The molecule has 1 unspecified atom stereocenters. The first-order valence-electron chi connectivity index (χ1n) is 6.08. The fourth-order valence-corrected chi connectivity index (χ4v) is 2.19. The van der Waals surface area contributed by atoms with Crippen LogP contribution in [0.3, 0.4) is 0 Å². The smallest absolute Gasteiger partial charge is 0.133 e. The van der Waals surface area contributed by atoms with Crippen LogP contribution in [-0.2, 0) is 7.05 Å². The Labute approximate surface area is 111 Å². The van der Waals surface area contributed by atoms with Crippen LogP contribution in [0.2, 0.25) is 0 Å². The minimum absolute atomic E-state index is 0.218. The van der Waals surface area contributed by atoms with E-state index in [-0.39, 0.29) is 6.04 Å². The summed E-state index contributed by atoms with van der Waals surface area (Å²) in [5.41, 5.74) is 4.59. The SMILES string of the molecule is Cn1ccnc1C(NN)c1ccc2ccccc2n1. The lowest BCUT2D eigenvalue weighted by atomic mass is 10.1. The molecular weight excluding hydrogens is 238 g/mol. The molecule has 0 aliphatic rings. The van der Waals surface area contributed by atoms with Crippen molar-refractivity contribution in [2.24, 2.45) is 12.9 Å². The summed E-state index contributed by atoms with van der Waals surface area (Å²) in [7, 11) is 1.94. The van der Waals surface area contributed by atoms with Gasteiger partial charge in [0.2, 0.25) is 0 Å². The number of hydrazine groups is 1. The van der Waals surface area contributed by atoms with Crippen molar-refractivity contribution in [3.05, 3.63) is 60.3 Å². The van der Waals surface area contributed by atoms with Crippen molar-refractivity contribution in [2.45, 2.75) is 6.04 Å². The van der Waals surface area contributed by atoms with Gasteiger partial charge in [-0.2, -0.15) is 0 Å². The molecular formula is C14H15N5. The molecule has 0 saturated heterocycles. The van der Waals surface area contributed by atoms with Crippen LogP contribution in [0.1, 0.15) is 17.6 Å². The minimum Gasteiger partial charge on any atom is -0.336 e. The molecule has 0 bridgehead atoms. The highest BCUT2D eigenvalue weighted by Crippen LogP contribution is 2.20. The molecule has 2 heterocycles. The topological polar surface area (TPSA) is 68.8 Å². The van der Waals surface area contributed by atoms with Gasteiger partial charge in [0.05, 0.1) is 11.2 Å². The van der Waals surface area contributed by atoms with Gasteiger partial charge in [-0.3, -0.25) is 10.8 Å². The summed E-state index contributed by atoms with van der Waals surface area (Å²) in [6.07, 6.45) is 3.64. The van der Waals surface area contributed by atoms with Crippen molar-refractivity contribution in [1.82, 2.24) is 20.0 Å². The molecule has 19 heavy (non-hydrogen) atoms. The number of rotatable bonds is 3. The zero-order valence-electron chi connectivity index (χ0n) is 10.6. The zero-order valence-corrected chi connectivity index (χ0v) is 10.6. The van der Waals surface area contributed by atoms with E-state index in [2.05, 4.69) is 15.4 Å². The van der Waals surface area contributed by atoms with Crippen LogP contribution < -0.4 is 11.3 Å². The second kappa shape index (κ2) is 4.79. The molecule has 3 rings (SSSR count). The van der Waals surface area contributed by atoms with Crippen LogP contribution in [0.5, 0.6) is 0 Å². The monoisotopic (exact) mass is 253 g/mol. The van der Waals surface area contributed by atoms with Gasteiger partial charge in [0, 0.05) is 24.8 Å². The second-order valence-electron chi connectivity index (χ2n) is 4.42. The molecule has 0 amide bonds. The third-order valence-corrected chi connectivity index (χ3v) is 3.20. The minimum atomic E-state index is -0.218. The summed E-state index contributed by atoms with van der Waals surface area (Å²) in [5, 5.41) is 1.11. The van der Waals surface area contributed by atoms with E-state index < -0.39 is 0 Å². The normalized spacial score (nSPS) is 12.7. The summed E-state index contributed by atoms with van der Waals surface area (Å²) in [6.45, 7) is 0. The predicted octanol–water partition coefficient (Wildman–Crippen LogP) is 1.52. The van der Waals surface area contributed by atoms with Gasteiger partial charge in [-0.15, -0.1) is 0 Å². The molecule has 5 heteroatoms. The molecule has 0 aliphatic carbocycles. The fourth-order valence-electron chi connectivity index (χ4n) is 2.19. The number of nitrogens with two attached hydrogens (primary N) is 1. The van der Waals surface area contributed by atoms with Gasteiger partial charge < -0.3 is 4.57 Å². The molecule has 1 aromatic carbocycles. The van der Waals surface area contributed by atoms with E-state index in [0.717, 1.165) is 22.4 Å². The quantitative estimate of drug-likeness (QED) is 0.548. The predicted molar refractivity (Wildman–Crippen MR) is 74.1 cm³/mol. The van der Waals surface area contributed by atoms with Crippen LogP contribution in [0.25, 0.3) is 10.9 Å². The van der Waals surface area contributed by atoms with Crippen LogP contribution in [0, 0.1) is 0 Å². The first kappa shape index (κ1) is 11.8. The van der Waals surface area contributed by atoms with E-state index in [1.807, 2.05) is 54.2 Å². The standard InChI is InChI=1S/C14H15N5/c1-19-9-8-16-14(19)13(18-15)12-7-6-10-4-2-3-5-11(10)17-12/h2-9,13,18H,15H2,1H3. The van der Waals surface area contributed by atoms with E-state index in [9.17, 15) is 0 Å². The lowest BCUT2D eigenvalue weighted by molar-refractivity contribution is 0.569. The van der Waals surface area contributed by atoms with Crippen LogP contribution in [-0.4, -0.2) is 14.5 Å². The number of imidazole rings is 1. The fraction of sp³-hybridized carbons (Fsp3) is 0.143. The molecule has 0 radical (unpaired) electrons. The Morgan fingerprint density at radius 1 is 1.21 bits per heavy atom. The summed E-state index contributed by atoms with van der Waals surface area (Å²) in [4.78, 5) is 8.97. The van der Waals surface area contributed by atoms with Gasteiger partial charge in [0.15, 0.2) is 0 Å². The highest BCUT2D eigenvalue weighted by molar-refractivity contribution is 5.78. The van der Waals surface area contributed by atoms with Crippen molar-refractivity contribution in [3.63, 3.8) is 0 Å². The Balaban J connectivity index is 2.09.